The van der Waals surface area contributed by atoms with Gasteiger partial charge in [-0.25, -0.2) is 13.6 Å². The van der Waals surface area contributed by atoms with E-state index in [-0.39, 0.29) is 11.6 Å². The minimum atomic E-state index is -3.55. The van der Waals surface area contributed by atoms with Gasteiger partial charge in [0.2, 0.25) is 15.9 Å². The van der Waals surface area contributed by atoms with Crippen molar-refractivity contribution in [1.82, 2.24) is 10.1 Å². The molecule has 13 heavy (non-hydrogen) atoms. The van der Waals surface area contributed by atoms with E-state index >= 15 is 0 Å². The summed E-state index contributed by atoms with van der Waals surface area (Å²) < 4.78 is 26.2. The van der Waals surface area contributed by atoms with E-state index in [4.69, 9.17) is 9.66 Å². The maximum Gasteiger partial charge on any atom is 0.229 e. The first kappa shape index (κ1) is 8.64. The summed E-state index contributed by atoms with van der Waals surface area (Å²) in [6.45, 7) is 0. The fourth-order valence-corrected chi connectivity index (χ4v) is 1.48. The standard InChI is InChI=1S/C6H9N3O3S/c7-13(10,11)3-5-8-6(12-9-5)4-1-2-4/h4H,1-3H2,(H2,7,10,11). The van der Waals surface area contributed by atoms with E-state index in [1.54, 1.807) is 0 Å². The lowest BCUT2D eigenvalue weighted by atomic mass is 10.4. The molecule has 1 aliphatic rings. The van der Waals surface area contributed by atoms with E-state index in [1.807, 2.05) is 0 Å². The Kier molecular flexibility index (Phi) is 1.85. The molecule has 0 bridgehead atoms. The minimum absolute atomic E-state index is 0.143. The van der Waals surface area contributed by atoms with Gasteiger partial charge in [0.05, 0.1) is 0 Å². The molecule has 2 rings (SSSR count). The zero-order valence-electron chi connectivity index (χ0n) is 6.80. The topological polar surface area (TPSA) is 99.1 Å². The zero-order valence-corrected chi connectivity index (χ0v) is 7.62. The van der Waals surface area contributed by atoms with Crippen molar-refractivity contribution < 1.29 is 12.9 Å². The van der Waals surface area contributed by atoms with Gasteiger partial charge in [0.15, 0.2) is 5.82 Å². The number of aromatic nitrogens is 2. The Morgan fingerprint density at radius 2 is 2.23 bits per heavy atom. The van der Waals surface area contributed by atoms with Gasteiger partial charge in [-0.2, -0.15) is 4.98 Å². The molecule has 1 fully saturated rings. The van der Waals surface area contributed by atoms with Gasteiger partial charge in [-0.1, -0.05) is 5.16 Å². The summed E-state index contributed by atoms with van der Waals surface area (Å²) in [5, 5.41) is 8.34. The van der Waals surface area contributed by atoms with Crippen molar-refractivity contribution in [3.05, 3.63) is 11.7 Å². The predicted molar refractivity (Wildman–Crippen MR) is 43.1 cm³/mol. The van der Waals surface area contributed by atoms with Crippen LogP contribution in [0.5, 0.6) is 0 Å². The molecule has 0 aliphatic heterocycles. The highest BCUT2D eigenvalue weighted by atomic mass is 32.2. The third-order valence-corrected chi connectivity index (χ3v) is 2.40. The summed E-state index contributed by atoms with van der Waals surface area (Å²) in [5.41, 5.74) is 0. The van der Waals surface area contributed by atoms with Crippen LogP contribution in [0.2, 0.25) is 0 Å². The van der Waals surface area contributed by atoms with Crippen LogP contribution in [0.1, 0.15) is 30.5 Å². The second kappa shape index (κ2) is 2.78. The van der Waals surface area contributed by atoms with Gasteiger partial charge >= 0.3 is 0 Å². The first-order chi connectivity index (χ1) is 6.04. The first-order valence-corrected chi connectivity index (χ1v) is 5.59. The Balaban J connectivity index is 2.13. The lowest BCUT2D eigenvalue weighted by Crippen LogP contribution is -2.15. The number of sulfonamides is 1. The summed E-state index contributed by atoms with van der Waals surface area (Å²) in [6.07, 6.45) is 2.08. The van der Waals surface area contributed by atoms with Crippen LogP contribution in [0, 0.1) is 0 Å². The highest BCUT2D eigenvalue weighted by Crippen LogP contribution is 2.38. The molecule has 7 heteroatoms. The number of nitrogens with zero attached hydrogens (tertiary/aromatic N) is 2. The first-order valence-electron chi connectivity index (χ1n) is 3.87. The molecule has 1 aliphatic carbocycles. The summed E-state index contributed by atoms with van der Waals surface area (Å²) in [6, 6.07) is 0. The van der Waals surface area contributed by atoms with Crippen molar-refractivity contribution in [1.29, 1.82) is 0 Å². The van der Waals surface area contributed by atoms with E-state index in [2.05, 4.69) is 10.1 Å². The van der Waals surface area contributed by atoms with Crippen LogP contribution in [0.15, 0.2) is 4.52 Å². The number of hydrogen-bond donors (Lipinski definition) is 1. The zero-order chi connectivity index (χ0) is 9.47. The molecule has 0 amide bonds. The maximum absolute atomic E-state index is 10.7. The number of hydrogen-bond acceptors (Lipinski definition) is 5. The van der Waals surface area contributed by atoms with Crippen molar-refractivity contribution in [2.24, 2.45) is 5.14 Å². The molecule has 2 N–H and O–H groups in total. The second-order valence-corrected chi connectivity index (χ2v) is 4.74. The Hall–Kier alpha value is -0.950. The number of rotatable bonds is 3. The Morgan fingerprint density at radius 1 is 1.54 bits per heavy atom. The summed E-state index contributed by atoms with van der Waals surface area (Å²) in [5.74, 6) is 0.647. The molecular weight excluding hydrogens is 194 g/mol. The lowest BCUT2D eigenvalue weighted by Gasteiger charge is -1.88. The van der Waals surface area contributed by atoms with Gasteiger partial charge in [0.1, 0.15) is 5.75 Å². The van der Waals surface area contributed by atoms with Crippen molar-refractivity contribution in [2.45, 2.75) is 24.5 Å². The molecular formula is C6H9N3O3S. The normalized spacial score (nSPS) is 17.6. The molecule has 72 valence electrons. The van der Waals surface area contributed by atoms with E-state index in [9.17, 15) is 8.42 Å². The molecule has 1 heterocycles. The molecule has 0 atom stereocenters. The monoisotopic (exact) mass is 203 g/mol. The largest absolute Gasteiger partial charge is 0.339 e. The van der Waals surface area contributed by atoms with Gasteiger partial charge in [-0.15, -0.1) is 0 Å². The van der Waals surface area contributed by atoms with Crippen molar-refractivity contribution in [2.75, 3.05) is 0 Å². The molecule has 0 unspecified atom stereocenters. The summed E-state index contributed by atoms with van der Waals surface area (Å²) in [4.78, 5) is 3.92. The lowest BCUT2D eigenvalue weighted by molar-refractivity contribution is 0.375. The third kappa shape index (κ3) is 2.25. The molecule has 0 saturated heterocycles. The Morgan fingerprint density at radius 3 is 2.77 bits per heavy atom. The highest BCUT2D eigenvalue weighted by molar-refractivity contribution is 7.88. The fraction of sp³-hybridized carbons (Fsp3) is 0.667. The molecule has 1 saturated carbocycles. The third-order valence-electron chi connectivity index (χ3n) is 1.74. The maximum atomic E-state index is 10.7. The van der Waals surface area contributed by atoms with E-state index in [0.29, 0.717) is 11.8 Å². The molecule has 1 aromatic heterocycles. The van der Waals surface area contributed by atoms with Crippen molar-refractivity contribution in [3.8, 4) is 0 Å². The Bertz CT molecular complexity index is 407. The smallest absolute Gasteiger partial charge is 0.229 e. The van der Waals surface area contributed by atoms with Crippen LogP contribution in [0.4, 0.5) is 0 Å². The van der Waals surface area contributed by atoms with Crippen molar-refractivity contribution in [3.63, 3.8) is 0 Å². The van der Waals surface area contributed by atoms with Crippen LogP contribution in [0.25, 0.3) is 0 Å². The van der Waals surface area contributed by atoms with Gasteiger partial charge in [-0.05, 0) is 12.8 Å². The average Bonchev–Trinajstić information content (AvgIpc) is 2.72. The van der Waals surface area contributed by atoms with E-state index in [1.165, 1.54) is 0 Å². The average molecular weight is 203 g/mol. The van der Waals surface area contributed by atoms with E-state index < -0.39 is 10.0 Å². The SMILES string of the molecule is NS(=O)(=O)Cc1noc(C2CC2)n1. The minimum Gasteiger partial charge on any atom is -0.339 e. The van der Waals surface area contributed by atoms with E-state index in [0.717, 1.165) is 12.8 Å². The number of primary sulfonamides is 1. The fourth-order valence-electron chi connectivity index (χ4n) is 1.00. The van der Waals surface area contributed by atoms with Crippen LogP contribution >= 0.6 is 0 Å². The molecule has 0 spiro atoms. The number of nitrogens with two attached hydrogens (primary N) is 1. The van der Waals surface area contributed by atoms with Crippen LogP contribution < -0.4 is 5.14 Å². The van der Waals surface area contributed by atoms with Gasteiger partial charge in [-0.3, -0.25) is 0 Å². The predicted octanol–water partition coefficient (Wildman–Crippen LogP) is -0.265. The highest BCUT2D eigenvalue weighted by Gasteiger charge is 2.29. The van der Waals surface area contributed by atoms with Crippen LogP contribution in [-0.2, 0) is 15.8 Å². The quantitative estimate of drug-likeness (QED) is 0.729. The summed E-state index contributed by atoms with van der Waals surface area (Å²) >= 11 is 0. The summed E-state index contributed by atoms with van der Waals surface area (Å²) in [7, 11) is -3.55. The Labute approximate surface area is 75.2 Å². The van der Waals surface area contributed by atoms with Crippen LogP contribution in [0.3, 0.4) is 0 Å². The van der Waals surface area contributed by atoms with Gasteiger partial charge < -0.3 is 4.52 Å². The molecule has 6 nitrogen and oxygen atoms in total. The second-order valence-electron chi connectivity index (χ2n) is 3.13. The molecule has 0 aromatic carbocycles. The van der Waals surface area contributed by atoms with Crippen molar-refractivity contribution >= 4 is 10.0 Å². The van der Waals surface area contributed by atoms with Gasteiger partial charge in [0.25, 0.3) is 0 Å². The van der Waals surface area contributed by atoms with Crippen LogP contribution in [-0.4, -0.2) is 18.6 Å². The molecule has 1 aromatic rings. The molecule has 0 radical (unpaired) electrons. The van der Waals surface area contributed by atoms with Gasteiger partial charge in [0, 0.05) is 5.92 Å².